The van der Waals surface area contributed by atoms with Gasteiger partial charge in [-0.05, 0) is 63.9 Å². The SMILES string of the molecule is CCOC(=O)c1cc2cc(OCc3ccccc3)ccc2n1CCCNC(=O)OC(C)(C)C. The topological polar surface area (TPSA) is 78.8 Å². The van der Waals surface area contributed by atoms with Crippen LogP contribution in [0, 0.1) is 0 Å². The second kappa shape index (κ2) is 10.9. The van der Waals surface area contributed by atoms with E-state index >= 15 is 0 Å². The summed E-state index contributed by atoms with van der Waals surface area (Å²) in [7, 11) is 0. The number of aromatic nitrogens is 1. The Hall–Kier alpha value is -3.48. The Kier molecular flexibility index (Phi) is 7.98. The molecule has 0 aliphatic carbocycles. The van der Waals surface area contributed by atoms with Crippen molar-refractivity contribution in [1.29, 1.82) is 0 Å². The van der Waals surface area contributed by atoms with Crippen LogP contribution in [-0.4, -0.2) is 35.4 Å². The maximum Gasteiger partial charge on any atom is 0.407 e. The molecule has 1 amide bonds. The van der Waals surface area contributed by atoms with Gasteiger partial charge in [-0.25, -0.2) is 9.59 Å². The molecule has 0 saturated heterocycles. The van der Waals surface area contributed by atoms with Gasteiger partial charge in [-0.3, -0.25) is 0 Å². The van der Waals surface area contributed by atoms with Gasteiger partial charge < -0.3 is 24.1 Å². The number of rotatable bonds is 9. The second-order valence-corrected chi connectivity index (χ2v) is 8.68. The molecule has 0 saturated carbocycles. The largest absolute Gasteiger partial charge is 0.489 e. The van der Waals surface area contributed by atoms with Crippen LogP contribution in [0.5, 0.6) is 5.75 Å². The number of carbonyl (C=O) groups excluding carboxylic acids is 2. The minimum Gasteiger partial charge on any atom is -0.489 e. The first kappa shape index (κ1) is 24.2. The van der Waals surface area contributed by atoms with Crippen LogP contribution < -0.4 is 10.1 Å². The molecule has 0 unspecified atom stereocenters. The summed E-state index contributed by atoms with van der Waals surface area (Å²) >= 11 is 0. The molecule has 0 bridgehead atoms. The minimum atomic E-state index is -0.544. The summed E-state index contributed by atoms with van der Waals surface area (Å²) in [6, 6.07) is 17.5. The number of hydrogen-bond donors (Lipinski definition) is 1. The average molecular weight is 453 g/mol. The number of nitrogens with zero attached hydrogens (tertiary/aromatic N) is 1. The number of nitrogens with one attached hydrogen (secondary N) is 1. The Morgan fingerprint density at radius 3 is 2.48 bits per heavy atom. The quantitative estimate of drug-likeness (QED) is 0.352. The molecule has 33 heavy (non-hydrogen) atoms. The van der Waals surface area contributed by atoms with Crippen molar-refractivity contribution in [3.63, 3.8) is 0 Å². The standard InChI is InChI=1S/C26H32N2O5/c1-5-31-24(29)23-17-20-16-21(32-18-19-10-7-6-8-11-19)12-13-22(20)28(23)15-9-14-27-25(30)33-26(2,3)4/h6-8,10-13,16-17H,5,9,14-15,18H2,1-4H3,(H,27,30). The summed E-state index contributed by atoms with van der Waals surface area (Å²) in [6.45, 7) is 8.98. The second-order valence-electron chi connectivity index (χ2n) is 8.68. The maximum atomic E-state index is 12.6. The van der Waals surface area contributed by atoms with E-state index in [1.165, 1.54) is 0 Å². The van der Waals surface area contributed by atoms with Crippen LogP contribution in [0.4, 0.5) is 4.79 Å². The predicted molar refractivity (Wildman–Crippen MR) is 128 cm³/mol. The molecule has 3 rings (SSSR count). The fourth-order valence-corrected chi connectivity index (χ4v) is 3.44. The molecule has 0 spiro atoms. The molecule has 1 heterocycles. The van der Waals surface area contributed by atoms with Gasteiger partial charge in [-0.2, -0.15) is 0 Å². The number of aryl methyl sites for hydroxylation is 1. The molecule has 1 N–H and O–H groups in total. The molecule has 0 aliphatic rings. The Labute approximate surface area is 194 Å². The van der Waals surface area contributed by atoms with Crippen LogP contribution in [0.15, 0.2) is 54.6 Å². The van der Waals surface area contributed by atoms with Gasteiger partial charge in [0, 0.05) is 24.0 Å². The summed E-state index contributed by atoms with van der Waals surface area (Å²) in [5.41, 5.74) is 1.92. The third kappa shape index (κ3) is 7.00. The molecule has 3 aromatic rings. The highest BCUT2D eigenvalue weighted by molar-refractivity contribution is 5.96. The van der Waals surface area contributed by atoms with Gasteiger partial charge in [0.15, 0.2) is 0 Å². The lowest BCUT2D eigenvalue weighted by atomic mass is 10.2. The summed E-state index contributed by atoms with van der Waals surface area (Å²) in [6.07, 6.45) is 0.174. The zero-order valence-electron chi connectivity index (χ0n) is 19.7. The predicted octanol–water partition coefficient (Wildman–Crippen LogP) is 5.31. The highest BCUT2D eigenvalue weighted by Crippen LogP contribution is 2.26. The smallest absolute Gasteiger partial charge is 0.407 e. The number of hydrogen-bond acceptors (Lipinski definition) is 5. The highest BCUT2D eigenvalue weighted by atomic mass is 16.6. The van der Waals surface area contributed by atoms with E-state index < -0.39 is 11.7 Å². The zero-order valence-corrected chi connectivity index (χ0v) is 19.7. The molecular formula is C26H32N2O5. The van der Waals surface area contributed by atoms with Crippen LogP contribution in [0.2, 0.25) is 0 Å². The molecule has 0 aliphatic heterocycles. The van der Waals surface area contributed by atoms with Crippen molar-refractivity contribution in [2.75, 3.05) is 13.2 Å². The molecule has 0 atom stereocenters. The molecule has 0 radical (unpaired) electrons. The lowest BCUT2D eigenvalue weighted by Gasteiger charge is -2.19. The van der Waals surface area contributed by atoms with Crippen LogP contribution in [0.3, 0.4) is 0 Å². The van der Waals surface area contributed by atoms with E-state index in [-0.39, 0.29) is 5.97 Å². The molecule has 7 nitrogen and oxygen atoms in total. The highest BCUT2D eigenvalue weighted by Gasteiger charge is 2.18. The summed E-state index contributed by atoms with van der Waals surface area (Å²) in [5, 5.41) is 3.65. The number of carbonyl (C=O) groups is 2. The van der Waals surface area contributed by atoms with Crippen molar-refractivity contribution >= 4 is 23.0 Å². The van der Waals surface area contributed by atoms with Gasteiger partial charge in [0.25, 0.3) is 0 Å². The first-order valence-electron chi connectivity index (χ1n) is 11.2. The third-order valence-electron chi connectivity index (χ3n) is 4.83. The number of fused-ring (bicyclic) bond motifs is 1. The average Bonchev–Trinajstić information content (AvgIpc) is 3.13. The molecule has 0 fully saturated rings. The first-order chi connectivity index (χ1) is 15.8. The summed E-state index contributed by atoms with van der Waals surface area (Å²) < 4.78 is 18.4. The van der Waals surface area contributed by atoms with Gasteiger partial charge in [-0.15, -0.1) is 0 Å². The monoisotopic (exact) mass is 452 g/mol. The Balaban J connectivity index is 1.72. The molecular weight excluding hydrogens is 420 g/mol. The molecule has 2 aromatic carbocycles. The van der Waals surface area contributed by atoms with Crippen LogP contribution >= 0.6 is 0 Å². The zero-order chi connectivity index (χ0) is 23.8. The fraction of sp³-hybridized carbons (Fsp3) is 0.385. The van der Waals surface area contributed by atoms with Gasteiger partial charge in [0.1, 0.15) is 23.7 Å². The fourth-order valence-electron chi connectivity index (χ4n) is 3.44. The van der Waals surface area contributed by atoms with Gasteiger partial charge in [-0.1, -0.05) is 30.3 Å². The number of benzene rings is 2. The normalized spacial score (nSPS) is 11.3. The van der Waals surface area contributed by atoms with Crippen LogP contribution in [-0.2, 0) is 22.6 Å². The van der Waals surface area contributed by atoms with Crippen molar-refractivity contribution in [2.45, 2.75) is 52.9 Å². The van der Waals surface area contributed by atoms with Crippen molar-refractivity contribution in [3.05, 3.63) is 65.9 Å². The van der Waals surface area contributed by atoms with Gasteiger partial charge in [0.2, 0.25) is 0 Å². The van der Waals surface area contributed by atoms with Crippen molar-refractivity contribution in [2.24, 2.45) is 0 Å². The lowest BCUT2D eigenvalue weighted by Crippen LogP contribution is -2.33. The van der Waals surface area contributed by atoms with E-state index in [0.29, 0.717) is 38.4 Å². The van der Waals surface area contributed by atoms with Crippen LogP contribution in [0.1, 0.15) is 50.2 Å². The van der Waals surface area contributed by atoms with E-state index in [0.717, 1.165) is 22.2 Å². The number of amides is 1. The summed E-state index contributed by atoms with van der Waals surface area (Å²) in [4.78, 5) is 24.4. The van der Waals surface area contributed by atoms with Crippen molar-refractivity contribution in [3.8, 4) is 5.75 Å². The molecule has 7 heteroatoms. The Morgan fingerprint density at radius 1 is 1.03 bits per heavy atom. The van der Waals surface area contributed by atoms with Crippen molar-refractivity contribution < 1.29 is 23.8 Å². The van der Waals surface area contributed by atoms with Gasteiger partial charge >= 0.3 is 12.1 Å². The van der Waals surface area contributed by atoms with Crippen molar-refractivity contribution in [1.82, 2.24) is 9.88 Å². The first-order valence-corrected chi connectivity index (χ1v) is 11.2. The van der Waals surface area contributed by atoms with E-state index in [1.54, 1.807) is 6.92 Å². The molecule has 1 aromatic heterocycles. The maximum absolute atomic E-state index is 12.6. The lowest BCUT2D eigenvalue weighted by molar-refractivity contribution is 0.0503. The van der Waals surface area contributed by atoms with E-state index in [1.807, 2.05) is 79.9 Å². The van der Waals surface area contributed by atoms with E-state index in [9.17, 15) is 9.59 Å². The third-order valence-corrected chi connectivity index (χ3v) is 4.83. The minimum absolute atomic E-state index is 0.298. The Bertz CT molecular complexity index is 1080. The van der Waals surface area contributed by atoms with Crippen LogP contribution in [0.25, 0.3) is 10.9 Å². The van der Waals surface area contributed by atoms with Gasteiger partial charge in [0.05, 0.1) is 6.61 Å². The summed E-state index contributed by atoms with van der Waals surface area (Å²) in [5.74, 6) is 0.353. The Morgan fingerprint density at radius 2 is 1.79 bits per heavy atom. The number of alkyl carbamates (subject to hydrolysis) is 1. The molecule has 176 valence electrons. The number of ether oxygens (including phenoxy) is 3. The van der Waals surface area contributed by atoms with E-state index in [2.05, 4.69) is 5.32 Å². The van der Waals surface area contributed by atoms with E-state index in [4.69, 9.17) is 14.2 Å². The number of esters is 1.